The van der Waals surface area contributed by atoms with E-state index < -0.39 is 0 Å². The topological polar surface area (TPSA) is 3.01 Å². The maximum absolute atomic E-state index is 2.53. The van der Waals surface area contributed by atoms with Gasteiger partial charge in [0.15, 0.2) is 0 Å². The Balaban J connectivity index is 1.98. The van der Waals surface area contributed by atoms with Gasteiger partial charge in [-0.15, -0.1) is 0 Å². The van der Waals surface area contributed by atoms with Crippen molar-refractivity contribution in [2.24, 2.45) is 0 Å². The summed E-state index contributed by atoms with van der Waals surface area (Å²) in [5.41, 5.74) is 5.59. The van der Waals surface area contributed by atoms with Gasteiger partial charge in [0.2, 0.25) is 0 Å². The Labute approximate surface area is 107 Å². The molecule has 0 bridgehead atoms. The molecule has 1 aliphatic heterocycles. The van der Waals surface area contributed by atoms with E-state index >= 15 is 0 Å². The van der Waals surface area contributed by atoms with Gasteiger partial charge in [0.25, 0.3) is 0 Å². The van der Waals surface area contributed by atoms with Gasteiger partial charge < -0.3 is 0 Å². The smallest absolute Gasteiger partial charge is 0.0614 e. The van der Waals surface area contributed by atoms with Gasteiger partial charge in [-0.3, -0.25) is 4.90 Å². The first kappa shape index (κ1) is 10.1. The first-order valence-corrected chi connectivity index (χ1v) is 6.53. The SMILES string of the molecule is C1=Cc2ccccc2C(N2CC2)c2ccccc21. The molecular weight excluding hydrogens is 218 g/mol. The van der Waals surface area contributed by atoms with Gasteiger partial charge >= 0.3 is 0 Å². The summed E-state index contributed by atoms with van der Waals surface area (Å²) in [6.07, 6.45) is 4.50. The van der Waals surface area contributed by atoms with Gasteiger partial charge in [-0.1, -0.05) is 60.7 Å². The fraction of sp³-hybridized carbons (Fsp3) is 0.176. The normalized spacial score (nSPS) is 18.0. The minimum absolute atomic E-state index is 0.437. The summed E-state index contributed by atoms with van der Waals surface area (Å²) in [5, 5.41) is 0. The van der Waals surface area contributed by atoms with Gasteiger partial charge in [-0.05, 0) is 22.3 Å². The van der Waals surface area contributed by atoms with Crippen LogP contribution in [0, 0.1) is 0 Å². The van der Waals surface area contributed by atoms with Crippen LogP contribution in [0.15, 0.2) is 48.5 Å². The average molecular weight is 233 g/mol. The molecule has 18 heavy (non-hydrogen) atoms. The molecule has 0 unspecified atom stereocenters. The Bertz CT molecular complexity index is 574. The molecule has 0 aromatic heterocycles. The molecule has 88 valence electrons. The van der Waals surface area contributed by atoms with Gasteiger partial charge in [0, 0.05) is 13.1 Å². The molecule has 1 heteroatoms. The maximum atomic E-state index is 2.53. The van der Waals surface area contributed by atoms with Crippen LogP contribution in [0.1, 0.15) is 28.3 Å². The van der Waals surface area contributed by atoms with E-state index in [-0.39, 0.29) is 0 Å². The van der Waals surface area contributed by atoms with Gasteiger partial charge in [0.1, 0.15) is 0 Å². The largest absolute Gasteiger partial charge is 0.290 e. The first-order valence-electron chi connectivity index (χ1n) is 6.53. The molecule has 1 heterocycles. The molecule has 0 amide bonds. The highest BCUT2D eigenvalue weighted by molar-refractivity contribution is 5.76. The fourth-order valence-corrected chi connectivity index (χ4v) is 2.88. The van der Waals surface area contributed by atoms with Crippen LogP contribution in [0.2, 0.25) is 0 Å². The van der Waals surface area contributed by atoms with Gasteiger partial charge in [0.05, 0.1) is 6.04 Å². The Kier molecular flexibility index (Phi) is 2.14. The minimum atomic E-state index is 0.437. The summed E-state index contributed by atoms with van der Waals surface area (Å²) in [6.45, 7) is 2.43. The molecule has 1 saturated heterocycles. The highest BCUT2D eigenvalue weighted by Gasteiger charge is 2.32. The molecule has 2 aromatic rings. The third-order valence-corrected chi connectivity index (χ3v) is 3.87. The van der Waals surface area contributed by atoms with Crippen molar-refractivity contribution in [2.45, 2.75) is 6.04 Å². The lowest BCUT2D eigenvalue weighted by molar-refractivity contribution is 0.472. The summed E-state index contributed by atoms with van der Waals surface area (Å²) in [6, 6.07) is 18.0. The van der Waals surface area contributed by atoms with Crippen molar-refractivity contribution in [3.05, 3.63) is 70.8 Å². The lowest BCUT2D eigenvalue weighted by Crippen LogP contribution is -2.12. The van der Waals surface area contributed by atoms with Crippen molar-refractivity contribution in [2.75, 3.05) is 13.1 Å². The number of hydrogen-bond acceptors (Lipinski definition) is 1. The second kappa shape index (κ2) is 3.82. The molecule has 0 saturated carbocycles. The minimum Gasteiger partial charge on any atom is -0.290 e. The zero-order valence-electron chi connectivity index (χ0n) is 10.2. The fourth-order valence-electron chi connectivity index (χ4n) is 2.88. The number of fused-ring (bicyclic) bond motifs is 2. The lowest BCUT2D eigenvalue weighted by Gasteiger charge is -2.21. The van der Waals surface area contributed by atoms with Crippen molar-refractivity contribution < 1.29 is 0 Å². The van der Waals surface area contributed by atoms with E-state index in [1.807, 2.05) is 0 Å². The molecule has 0 spiro atoms. The molecule has 0 radical (unpaired) electrons. The standard InChI is InChI=1S/C17H15N/c1-3-7-15-13(5-1)9-10-14-6-2-4-8-16(14)17(15)18-11-12-18/h1-10,17H,11-12H2. The van der Waals surface area contributed by atoms with E-state index in [4.69, 9.17) is 0 Å². The molecule has 1 fully saturated rings. The number of benzene rings is 2. The zero-order chi connectivity index (χ0) is 11.9. The first-order chi connectivity index (χ1) is 8.93. The highest BCUT2D eigenvalue weighted by atomic mass is 15.3. The van der Waals surface area contributed by atoms with Crippen LogP contribution in [-0.2, 0) is 0 Å². The zero-order valence-corrected chi connectivity index (χ0v) is 10.2. The van der Waals surface area contributed by atoms with Crippen molar-refractivity contribution in [3.63, 3.8) is 0 Å². The van der Waals surface area contributed by atoms with Crippen molar-refractivity contribution >= 4 is 12.2 Å². The van der Waals surface area contributed by atoms with Crippen LogP contribution in [0.3, 0.4) is 0 Å². The summed E-state index contributed by atoms with van der Waals surface area (Å²) in [5.74, 6) is 0. The molecule has 2 aromatic carbocycles. The molecule has 1 nitrogen and oxygen atoms in total. The molecule has 2 aliphatic rings. The number of rotatable bonds is 1. The summed E-state index contributed by atoms with van der Waals surface area (Å²) in [4.78, 5) is 2.53. The Hall–Kier alpha value is -1.86. The second-order valence-electron chi connectivity index (χ2n) is 5.03. The van der Waals surface area contributed by atoms with Crippen LogP contribution in [0.4, 0.5) is 0 Å². The second-order valence-corrected chi connectivity index (χ2v) is 5.03. The molecule has 1 aliphatic carbocycles. The van der Waals surface area contributed by atoms with Crippen LogP contribution < -0.4 is 0 Å². The van der Waals surface area contributed by atoms with E-state index in [1.165, 1.54) is 35.3 Å². The quantitative estimate of drug-likeness (QED) is 0.680. The Morgan fingerprint density at radius 3 is 1.72 bits per heavy atom. The van der Waals surface area contributed by atoms with Crippen LogP contribution in [0.25, 0.3) is 12.2 Å². The van der Waals surface area contributed by atoms with Crippen LogP contribution >= 0.6 is 0 Å². The molecule has 4 rings (SSSR count). The van der Waals surface area contributed by atoms with Crippen molar-refractivity contribution in [3.8, 4) is 0 Å². The maximum Gasteiger partial charge on any atom is 0.0614 e. The predicted molar refractivity (Wildman–Crippen MR) is 75.2 cm³/mol. The average Bonchev–Trinajstić information content (AvgIpc) is 3.23. The third-order valence-electron chi connectivity index (χ3n) is 3.87. The van der Waals surface area contributed by atoms with E-state index in [0.29, 0.717) is 6.04 Å². The summed E-state index contributed by atoms with van der Waals surface area (Å²) < 4.78 is 0. The monoisotopic (exact) mass is 233 g/mol. The Morgan fingerprint density at radius 1 is 0.722 bits per heavy atom. The Morgan fingerprint density at radius 2 is 1.22 bits per heavy atom. The van der Waals surface area contributed by atoms with Crippen molar-refractivity contribution in [1.29, 1.82) is 0 Å². The van der Waals surface area contributed by atoms with Crippen molar-refractivity contribution in [1.82, 2.24) is 4.90 Å². The third kappa shape index (κ3) is 1.52. The van der Waals surface area contributed by atoms with E-state index in [0.717, 1.165) is 0 Å². The molecule has 0 atom stereocenters. The van der Waals surface area contributed by atoms with E-state index in [1.54, 1.807) is 0 Å². The number of nitrogens with zero attached hydrogens (tertiary/aromatic N) is 1. The molecule has 0 N–H and O–H groups in total. The lowest BCUT2D eigenvalue weighted by atomic mass is 9.94. The summed E-state index contributed by atoms with van der Waals surface area (Å²) >= 11 is 0. The van der Waals surface area contributed by atoms with Crippen LogP contribution in [0.5, 0.6) is 0 Å². The predicted octanol–water partition coefficient (Wildman–Crippen LogP) is 3.58. The molecular formula is C17H15N. The number of hydrogen-bond donors (Lipinski definition) is 0. The van der Waals surface area contributed by atoms with Gasteiger partial charge in [-0.2, -0.15) is 0 Å². The van der Waals surface area contributed by atoms with E-state index in [9.17, 15) is 0 Å². The summed E-state index contributed by atoms with van der Waals surface area (Å²) in [7, 11) is 0. The van der Waals surface area contributed by atoms with Gasteiger partial charge in [-0.25, -0.2) is 0 Å². The van der Waals surface area contributed by atoms with E-state index in [2.05, 4.69) is 65.6 Å². The highest BCUT2D eigenvalue weighted by Crippen LogP contribution is 2.39. The van der Waals surface area contributed by atoms with Crippen LogP contribution in [-0.4, -0.2) is 18.0 Å².